The highest BCUT2D eigenvalue weighted by Crippen LogP contribution is 2.40. The molecule has 156 valence electrons. The molecule has 0 bridgehead atoms. The number of piperidine rings is 1. The predicted octanol–water partition coefficient (Wildman–Crippen LogP) is 0.770. The van der Waals surface area contributed by atoms with Gasteiger partial charge in [-0.15, -0.1) is 0 Å². The molecule has 0 aromatic carbocycles. The number of ether oxygens (including phenoxy) is 1. The first-order valence-electron chi connectivity index (χ1n) is 10.1. The van der Waals surface area contributed by atoms with Crippen molar-refractivity contribution >= 4 is 17.5 Å². The van der Waals surface area contributed by atoms with Crippen LogP contribution in [0.2, 0.25) is 0 Å². The molecule has 0 aliphatic carbocycles. The van der Waals surface area contributed by atoms with Crippen molar-refractivity contribution in [3.63, 3.8) is 0 Å². The van der Waals surface area contributed by atoms with Crippen molar-refractivity contribution in [2.75, 3.05) is 19.7 Å². The van der Waals surface area contributed by atoms with Crippen LogP contribution in [0, 0.1) is 0 Å². The molecular weight excluding hydrogens is 374 g/mol. The molecular formula is C20H27N5O4. The van der Waals surface area contributed by atoms with Crippen molar-refractivity contribution in [1.29, 1.82) is 0 Å². The summed E-state index contributed by atoms with van der Waals surface area (Å²) < 4.78 is 7.62. The molecule has 0 radical (unpaired) electrons. The Morgan fingerprint density at radius 2 is 2.10 bits per heavy atom. The molecule has 0 saturated carbocycles. The maximum absolute atomic E-state index is 12.9. The molecule has 2 fully saturated rings. The normalized spacial score (nSPS) is 26.6. The predicted molar refractivity (Wildman–Crippen MR) is 104 cm³/mol. The summed E-state index contributed by atoms with van der Waals surface area (Å²) >= 11 is 0. The molecule has 1 spiro atoms. The average molecular weight is 401 g/mol. The van der Waals surface area contributed by atoms with Crippen LogP contribution in [0.3, 0.4) is 0 Å². The van der Waals surface area contributed by atoms with Crippen LogP contribution in [0.5, 0.6) is 0 Å². The molecule has 0 unspecified atom stereocenters. The summed E-state index contributed by atoms with van der Waals surface area (Å²) in [6.45, 7) is 5.03. The van der Waals surface area contributed by atoms with Gasteiger partial charge in [-0.05, 0) is 32.3 Å². The number of nitrogens with one attached hydrogen (secondary N) is 1. The molecule has 2 aromatic heterocycles. The van der Waals surface area contributed by atoms with E-state index in [4.69, 9.17) is 4.74 Å². The maximum atomic E-state index is 12.9. The van der Waals surface area contributed by atoms with Gasteiger partial charge in [0.25, 0.3) is 5.91 Å². The molecule has 9 heteroatoms. The summed E-state index contributed by atoms with van der Waals surface area (Å²) in [5, 5.41) is 18.4. The minimum absolute atomic E-state index is 0.0864. The lowest BCUT2D eigenvalue weighted by Gasteiger charge is -2.53. The monoisotopic (exact) mass is 401 g/mol. The minimum Gasteiger partial charge on any atom is -0.388 e. The van der Waals surface area contributed by atoms with Crippen LogP contribution in [-0.2, 0) is 9.53 Å². The van der Waals surface area contributed by atoms with Crippen molar-refractivity contribution in [3.05, 3.63) is 30.2 Å². The van der Waals surface area contributed by atoms with Crippen LogP contribution in [0.4, 0.5) is 0 Å². The standard InChI is InChI=1S/C20H27N5O4/c1-3-16(26)22-19(2)7-12-29-20(18(19)28)5-10-24(11-6-20)17(27)14-13-15-21-8-4-9-25(15)23-14/h4,8-9,13,18,28H,3,5-7,10-12H2,1-2H3,(H,22,26)/t18-,19+/m1/s1. The van der Waals surface area contributed by atoms with Crippen molar-refractivity contribution < 1.29 is 19.4 Å². The van der Waals surface area contributed by atoms with Gasteiger partial charge in [-0.3, -0.25) is 9.59 Å². The smallest absolute Gasteiger partial charge is 0.274 e. The molecule has 2 N–H and O–H groups in total. The highest BCUT2D eigenvalue weighted by atomic mass is 16.5. The van der Waals surface area contributed by atoms with E-state index in [-0.39, 0.29) is 11.8 Å². The quantitative estimate of drug-likeness (QED) is 0.786. The molecule has 2 aromatic rings. The summed E-state index contributed by atoms with van der Waals surface area (Å²) in [5.74, 6) is -0.241. The first-order chi connectivity index (χ1) is 13.9. The van der Waals surface area contributed by atoms with E-state index in [9.17, 15) is 14.7 Å². The van der Waals surface area contributed by atoms with Crippen LogP contribution < -0.4 is 5.32 Å². The van der Waals surface area contributed by atoms with Gasteiger partial charge < -0.3 is 20.1 Å². The van der Waals surface area contributed by atoms with Gasteiger partial charge in [0.05, 0.1) is 11.1 Å². The second kappa shape index (κ2) is 7.38. The Balaban J connectivity index is 1.46. The summed E-state index contributed by atoms with van der Waals surface area (Å²) in [6.07, 6.45) is 4.50. The van der Waals surface area contributed by atoms with Crippen molar-refractivity contribution in [1.82, 2.24) is 24.8 Å². The van der Waals surface area contributed by atoms with E-state index in [2.05, 4.69) is 15.4 Å². The number of fused-ring (bicyclic) bond motifs is 1. The largest absolute Gasteiger partial charge is 0.388 e. The third kappa shape index (κ3) is 3.49. The van der Waals surface area contributed by atoms with Gasteiger partial charge in [0.2, 0.25) is 5.91 Å². The zero-order valence-corrected chi connectivity index (χ0v) is 16.8. The second-order valence-corrected chi connectivity index (χ2v) is 8.13. The van der Waals surface area contributed by atoms with E-state index in [1.165, 1.54) is 0 Å². The lowest BCUT2D eigenvalue weighted by atomic mass is 9.73. The molecule has 4 rings (SSSR count). The molecule has 2 amide bonds. The molecule has 29 heavy (non-hydrogen) atoms. The number of rotatable bonds is 3. The number of hydrogen-bond donors (Lipinski definition) is 2. The highest BCUT2D eigenvalue weighted by molar-refractivity contribution is 5.93. The third-order valence-electron chi connectivity index (χ3n) is 6.21. The Bertz CT molecular complexity index is 887. The van der Waals surface area contributed by atoms with Crippen molar-refractivity contribution in [3.8, 4) is 0 Å². The zero-order chi connectivity index (χ0) is 20.6. The SMILES string of the molecule is CCC(=O)N[C@@]1(C)CCOC2(CCN(C(=O)c3cc4ncccn4n3)CC2)[C@@H]1O. The first kappa shape index (κ1) is 19.8. The minimum atomic E-state index is -0.837. The Morgan fingerprint density at radius 3 is 2.79 bits per heavy atom. The first-order valence-corrected chi connectivity index (χ1v) is 10.1. The maximum Gasteiger partial charge on any atom is 0.274 e. The van der Waals surface area contributed by atoms with Crippen molar-refractivity contribution in [2.24, 2.45) is 0 Å². The van der Waals surface area contributed by atoms with Crippen LogP contribution in [0.15, 0.2) is 24.5 Å². The fourth-order valence-corrected chi connectivity index (χ4v) is 4.40. The van der Waals surface area contributed by atoms with E-state index in [0.29, 0.717) is 56.7 Å². The van der Waals surface area contributed by atoms with Gasteiger partial charge in [-0.1, -0.05) is 6.92 Å². The third-order valence-corrected chi connectivity index (χ3v) is 6.21. The van der Waals surface area contributed by atoms with E-state index < -0.39 is 17.2 Å². The molecule has 9 nitrogen and oxygen atoms in total. The van der Waals surface area contributed by atoms with E-state index in [1.807, 2.05) is 6.92 Å². The summed E-state index contributed by atoms with van der Waals surface area (Å²) in [4.78, 5) is 30.8. The van der Waals surface area contributed by atoms with Gasteiger partial charge in [0.15, 0.2) is 11.3 Å². The van der Waals surface area contributed by atoms with E-state index >= 15 is 0 Å². The van der Waals surface area contributed by atoms with Gasteiger partial charge >= 0.3 is 0 Å². The van der Waals surface area contributed by atoms with E-state index in [1.54, 1.807) is 40.9 Å². The topological polar surface area (TPSA) is 109 Å². The lowest BCUT2D eigenvalue weighted by Crippen LogP contribution is -2.69. The number of amides is 2. The summed E-state index contributed by atoms with van der Waals surface area (Å²) in [5.41, 5.74) is -0.515. The number of aliphatic hydroxyl groups is 1. The summed E-state index contributed by atoms with van der Waals surface area (Å²) in [7, 11) is 0. The van der Waals surface area contributed by atoms with Gasteiger partial charge in [-0.2, -0.15) is 5.10 Å². The number of carbonyl (C=O) groups is 2. The fraction of sp³-hybridized carbons (Fsp3) is 0.600. The number of likely N-dealkylation sites (tertiary alicyclic amines) is 1. The number of carbonyl (C=O) groups excluding carboxylic acids is 2. The summed E-state index contributed by atoms with van der Waals surface area (Å²) in [6, 6.07) is 3.44. The second-order valence-electron chi connectivity index (χ2n) is 8.13. The van der Waals surface area contributed by atoms with Crippen molar-refractivity contribution in [2.45, 2.75) is 56.8 Å². The Hall–Kier alpha value is -2.52. The fourth-order valence-electron chi connectivity index (χ4n) is 4.40. The van der Waals surface area contributed by atoms with Crippen LogP contribution in [0.25, 0.3) is 5.65 Å². The van der Waals surface area contributed by atoms with Gasteiger partial charge in [-0.25, -0.2) is 9.50 Å². The Labute approximate surface area is 169 Å². The van der Waals surface area contributed by atoms with Crippen LogP contribution >= 0.6 is 0 Å². The van der Waals surface area contributed by atoms with Gasteiger partial charge in [0, 0.05) is 44.6 Å². The van der Waals surface area contributed by atoms with Crippen LogP contribution in [0.1, 0.15) is 50.0 Å². The highest BCUT2D eigenvalue weighted by Gasteiger charge is 2.54. The Morgan fingerprint density at radius 1 is 1.34 bits per heavy atom. The number of nitrogens with zero attached hydrogens (tertiary/aromatic N) is 4. The molecule has 2 saturated heterocycles. The molecule has 2 aliphatic rings. The lowest BCUT2D eigenvalue weighted by molar-refractivity contribution is -0.205. The number of aliphatic hydroxyl groups excluding tert-OH is 1. The average Bonchev–Trinajstić information content (AvgIpc) is 3.16. The number of aromatic nitrogens is 3. The van der Waals surface area contributed by atoms with E-state index in [0.717, 1.165) is 0 Å². The zero-order valence-electron chi connectivity index (χ0n) is 16.8. The molecule has 2 aliphatic heterocycles. The molecule has 2 atom stereocenters. The Kier molecular flexibility index (Phi) is 5.04. The van der Waals surface area contributed by atoms with Gasteiger partial charge in [0.1, 0.15) is 6.10 Å². The number of hydrogen-bond acceptors (Lipinski definition) is 6. The molecule has 4 heterocycles. The van der Waals surface area contributed by atoms with Crippen LogP contribution in [-0.4, -0.2) is 73.4 Å².